The SMILES string of the molecule is CCCC(CN)C(=O)NCc1cc(C)c(F)c(C)c1. The minimum atomic E-state index is -0.180. The van der Waals surface area contributed by atoms with Gasteiger partial charge in [0.2, 0.25) is 5.91 Å². The van der Waals surface area contributed by atoms with Crippen LogP contribution < -0.4 is 11.1 Å². The summed E-state index contributed by atoms with van der Waals surface area (Å²) in [6, 6.07) is 3.53. The first-order chi connectivity index (χ1) is 8.99. The van der Waals surface area contributed by atoms with Crippen molar-refractivity contribution in [3.8, 4) is 0 Å². The van der Waals surface area contributed by atoms with Gasteiger partial charge in [-0.05, 0) is 37.0 Å². The highest BCUT2D eigenvalue weighted by Gasteiger charge is 2.15. The molecule has 1 amide bonds. The van der Waals surface area contributed by atoms with Crippen LogP contribution in [-0.4, -0.2) is 12.5 Å². The van der Waals surface area contributed by atoms with Crippen LogP contribution in [0, 0.1) is 25.6 Å². The van der Waals surface area contributed by atoms with Crippen molar-refractivity contribution < 1.29 is 9.18 Å². The Morgan fingerprint density at radius 1 is 1.37 bits per heavy atom. The van der Waals surface area contributed by atoms with Gasteiger partial charge in [0.15, 0.2) is 0 Å². The molecule has 0 heterocycles. The van der Waals surface area contributed by atoms with Gasteiger partial charge in [-0.1, -0.05) is 25.5 Å². The predicted molar refractivity (Wildman–Crippen MR) is 75.2 cm³/mol. The van der Waals surface area contributed by atoms with Crippen LogP contribution in [0.5, 0.6) is 0 Å². The minimum Gasteiger partial charge on any atom is -0.352 e. The number of rotatable bonds is 6. The minimum absolute atomic E-state index is 0.0241. The van der Waals surface area contributed by atoms with Gasteiger partial charge in [-0.2, -0.15) is 0 Å². The lowest BCUT2D eigenvalue weighted by molar-refractivity contribution is -0.125. The average Bonchev–Trinajstić information content (AvgIpc) is 2.39. The molecule has 106 valence electrons. The Bertz CT molecular complexity index is 423. The Morgan fingerprint density at radius 2 is 1.95 bits per heavy atom. The lowest BCUT2D eigenvalue weighted by atomic mass is 10.0. The summed E-state index contributed by atoms with van der Waals surface area (Å²) in [5.41, 5.74) is 7.71. The molecule has 0 spiro atoms. The van der Waals surface area contributed by atoms with Gasteiger partial charge >= 0.3 is 0 Å². The summed E-state index contributed by atoms with van der Waals surface area (Å²) in [7, 11) is 0. The number of benzene rings is 1. The monoisotopic (exact) mass is 266 g/mol. The second-order valence-electron chi connectivity index (χ2n) is 4.98. The second-order valence-corrected chi connectivity index (χ2v) is 4.98. The molecule has 0 aromatic heterocycles. The van der Waals surface area contributed by atoms with E-state index in [0.29, 0.717) is 24.2 Å². The Kier molecular flexibility index (Phi) is 5.96. The van der Waals surface area contributed by atoms with Crippen molar-refractivity contribution in [1.29, 1.82) is 0 Å². The number of carbonyl (C=O) groups excluding carboxylic acids is 1. The molecule has 0 aliphatic carbocycles. The highest BCUT2D eigenvalue weighted by molar-refractivity contribution is 5.78. The first kappa shape index (κ1) is 15.6. The largest absolute Gasteiger partial charge is 0.352 e. The van der Waals surface area contributed by atoms with E-state index in [4.69, 9.17) is 5.73 Å². The molecule has 1 aromatic rings. The highest BCUT2D eigenvalue weighted by Crippen LogP contribution is 2.15. The van der Waals surface area contributed by atoms with E-state index < -0.39 is 0 Å². The highest BCUT2D eigenvalue weighted by atomic mass is 19.1. The molecule has 3 N–H and O–H groups in total. The summed E-state index contributed by atoms with van der Waals surface area (Å²) in [6.07, 6.45) is 1.73. The molecule has 0 aliphatic rings. The predicted octanol–water partition coefficient (Wildman–Crippen LogP) is 2.43. The number of halogens is 1. The fourth-order valence-corrected chi connectivity index (χ4v) is 2.18. The molecular formula is C15H23FN2O. The molecule has 1 aromatic carbocycles. The van der Waals surface area contributed by atoms with Crippen LogP contribution in [0.4, 0.5) is 4.39 Å². The van der Waals surface area contributed by atoms with E-state index in [9.17, 15) is 9.18 Å². The quantitative estimate of drug-likeness (QED) is 0.831. The van der Waals surface area contributed by atoms with Crippen LogP contribution in [0.15, 0.2) is 12.1 Å². The fourth-order valence-electron chi connectivity index (χ4n) is 2.18. The Balaban J connectivity index is 2.64. The summed E-state index contributed by atoms with van der Waals surface area (Å²) < 4.78 is 13.5. The normalized spacial score (nSPS) is 12.3. The van der Waals surface area contributed by atoms with Crippen LogP contribution in [0.3, 0.4) is 0 Å². The summed E-state index contributed by atoms with van der Waals surface area (Å²) in [4.78, 5) is 11.9. The number of amides is 1. The Labute approximate surface area is 114 Å². The van der Waals surface area contributed by atoms with Crippen LogP contribution in [0.1, 0.15) is 36.5 Å². The fraction of sp³-hybridized carbons (Fsp3) is 0.533. The molecule has 0 aliphatic heterocycles. The van der Waals surface area contributed by atoms with E-state index in [-0.39, 0.29) is 17.6 Å². The lowest BCUT2D eigenvalue weighted by Crippen LogP contribution is -2.34. The summed E-state index contributed by atoms with van der Waals surface area (Å²) in [5.74, 6) is -0.336. The molecule has 19 heavy (non-hydrogen) atoms. The van der Waals surface area contributed by atoms with Gasteiger partial charge in [-0.15, -0.1) is 0 Å². The molecular weight excluding hydrogens is 243 g/mol. The molecule has 1 unspecified atom stereocenters. The van der Waals surface area contributed by atoms with Crippen molar-refractivity contribution in [2.24, 2.45) is 11.7 Å². The van der Waals surface area contributed by atoms with Gasteiger partial charge in [0.1, 0.15) is 5.82 Å². The van der Waals surface area contributed by atoms with Crippen LogP contribution >= 0.6 is 0 Å². The Morgan fingerprint density at radius 3 is 2.42 bits per heavy atom. The van der Waals surface area contributed by atoms with Crippen molar-refractivity contribution in [1.82, 2.24) is 5.32 Å². The number of carbonyl (C=O) groups is 1. The van der Waals surface area contributed by atoms with Crippen molar-refractivity contribution in [3.63, 3.8) is 0 Å². The molecule has 1 rings (SSSR count). The van der Waals surface area contributed by atoms with Crippen molar-refractivity contribution in [2.45, 2.75) is 40.2 Å². The van der Waals surface area contributed by atoms with Gasteiger partial charge in [0.05, 0.1) is 5.92 Å². The van der Waals surface area contributed by atoms with Crippen LogP contribution in [0.2, 0.25) is 0 Å². The number of nitrogens with two attached hydrogens (primary N) is 1. The average molecular weight is 266 g/mol. The van der Waals surface area contributed by atoms with Gasteiger partial charge in [0, 0.05) is 13.1 Å². The zero-order valence-corrected chi connectivity index (χ0v) is 11.9. The van der Waals surface area contributed by atoms with E-state index in [1.807, 2.05) is 6.92 Å². The van der Waals surface area contributed by atoms with Crippen LogP contribution in [-0.2, 0) is 11.3 Å². The number of nitrogens with one attached hydrogen (secondary N) is 1. The number of hydrogen-bond acceptors (Lipinski definition) is 2. The topological polar surface area (TPSA) is 55.1 Å². The van der Waals surface area contributed by atoms with Crippen molar-refractivity contribution in [3.05, 3.63) is 34.6 Å². The molecule has 0 saturated heterocycles. The number of aryl methyl sites for hydroxylation is 2. The van der Waals surface area contributed by atoms with Gasteiger partial charge in [-0.3, -0.25) is 4.79 Å². The number of hydrogen-bond donors (Lipinski definition) is 2. The maximum Gasteiger partial charge on any atom is 0.224 e. The van der Waals surface area contributed by atoms with E-state index in [1.54, 1.807) is 26.0 Å². The molecule has 4 heteroatoms. The first-order valence-corrected chi connectivity index (χ1v) is 6.73. The van der Waals surface area contributed by atoms with Crippen molar-refractivity contribution >= 4 is 5.91 Å². The second kappa shape index (κ2) is 7.24. The van der Waals surface area contributed by atoms with E-state index in [0.717, 1.165) is 18.4 Å². The van der Waals surface area contributed by atoms with E-state index in [1.165, 1.54) is 0 Å². The Hall–Kier alpha value is -1.42. The summed E-state index contributed by atoms with van der Waals surface area (Å²) >= 11 is 0. The summed E-state index contributed by atoms with van der Waals surface area (Å²) in [5, 5.41) is 2.87. The lowest BCUT2D eigenvalue weighted by Gasteiger charge is -2.14. The molecule has 0 fully saturated rings. The van der Waals surface area contributed by atoms with Crippen molar-refractivity contribution in [2.75, 3.05) is 6.54 Å². The smallest absolute Gasteiger partial charge is 0.224 e. The van der Waals surface area contributed by atoms with Gasteiger partial charge in [0.25, 0.3) is 0 Å². The van der Waals surface area contributed by atoms with E-state index >= 15 is 0 Å². The van der Waals surface area contributed by atoms with Gasteiger partial charge in [-0.25, -0.2) is 4.39 Å². The molecule has 3 nitrogen and oxygen atoms in total. The molecule has 1 atom stereocenters. The van der Waals surface area contributed by atoms with E-state index in [2.05, 4.69) is 5.32 Å². The molecule has 0 bridgehead atoms. The third-order valence-corrected chi connectivity index (χ3v) is 3.26. The first-order valence-electron chi connectivity index (χ1n) is 6.73. The standard InChI is InChI=1S/C15H23FN2O/c1-4-5-13(8-17)15(19)18-9-12-6-10(2)14(16)11(3)7-12/h6-7,13H,4-5,8-9,17H2,1-3H3,(H,18,19). The third-order valence-electron chi connectivity index (χ3n) is 3.26. The zero-order chi connectivity index (χ0) is 14.4. The maximum atomic E-state index is 13.5. The maximum absolute atomic E-state index is 13.5. The zero-order valence-electron chi connectivity index (χ0n) is 11.9. The third kappa shape index (κ3) is 4.31. The molecule has 0 saturated carbocycles. The molecule has 0 radical (unpaired) electrons. The van der Waals surface area contributed by atoms with Gasteiger partial charge < -0.3 is 11.1 Å². The summed E-state index contributed by atoms with van der Waals surface area (Å²) in [6.45, 7) is 6.27. The van der Waals surface area contributed by atoms with Crippen LogP contribution in [0.25, 0.3) is 0 Å².